The number of benzene rings is 1. The van der Waals surface area contributed by atoms with Crippen molar-refractivity contribution in [3.63, 3.8) is 0 Å². The van der Waals surface area contributed by atoms with E-state index >= 15 is 0 Å². The molecule has 4 heterocycles. The van der Waals surface area contributed by atoms with E-state index in [1.807, 2.05) is 24.1 Å². The maximum absolute atomic E-state index is 14.9. The largest absolute Gasteiger partial charge is 0.507 e. The highest BCUT2D eigenvalue weighted by Crippen LogP contribution is 2.36. The number of anilines is 1. The molecule has 3 aliphatic rings. The number of halogens is 1. The summed E-state index contributed by atoms with van der Waals surface area (Å²) < 4.78 is 14.9. The van der Waals surface area contributed by atoms with Gasteiger partial charge in [0.25, 0.3) is 0 Å². The third-order valence-corrected chi connectivity index (χ3v) is 7.16. The number of phenolic OH excluding ortho intramolecular Hbond substituents is 1. The second kappa shape index (κ2) is 7.75. The number of amides is 1. The molecule has 3 saturated heterocycles. The summed E-state index contributed by atoms with van der Waals surface area (Å²) in [4.78, 5) is 24.4. The average Bonchev–Trinajstić information content (AvgIpc) is 3.34. The number of aromatic hydroxyl groups is 1. The molecule has 3 fully saturated rings. The summed E-state index contributed by atoms with van der Waals surface area (Å²) in [7, 11) is 3.67. The number of likely N-dealkylation sites (tertiary alicyclic amines) is 1. The summed E-state index contributed by atoms with van der Waals surface area (Å²) in [5.41, 5.74) is 2.09. The van der Waals surface area contributed by atoms with Gasteiger partial charge in [-0.2, -0.15) is 0 Å². The molecule has 1 amide bonds. The number of fused-ring (bicyclic) bond motifs is 2. The van der Waals surface area contributed by atoms with Crippen LogP contribution < -0.4 is 10.2 Å². The lowest BCUT2D eigenvalue weighted by Gasteiger charge is -2.38. The summed E-state index contributed by atoms with van der Waals surface area (Å²) in [6.07, 6.45) is 5.48. The quantitative estimate of drug-likeness (QED) is 0.783. The predicted molar refractivity (Wildman–Crippen MR) is 116 cm³/mol. The highest BCUT2D eigenvalue weighted by Gasteiger charge is 2.43. The molecule has 5 atom stereocenters. The van der Waals surface area contributed by atoms with E-state index in [1.165, 1.54) is 0 Å². The zero-order valence-electron chi connectivity index (χ0n) is 17.8. The smallest absolute Gasteiger partial charge is 0.223 e. The molecular formula is C23H28FN5O2. The Kier molecular flexibility index (Phi) is 5.04. The SMILES string of the molecule is CN1C[C@H](c2ccc(-c3cnc(N(C)[C@H]4C[C@@H]5CC[C@@H](N5)[C@H]4F)cn3)c(O)c2)CC1=O. The Labute approximate surface area is 181 Å². The third kappa shape index (κ3) is 3.63. The van der Waals surface area contributed by atoms with E-state index in [0.717, 1.165) is 24.8 Å². The van der Waals surface area contributed by atoms with Crippen LogP contribution >= 0.6 is 0 Å². The van der Waals surface area contributed by atoms with Crippen molar-refractivity contribution >= 4 is 11.7 Å². The number of piperidine rings is 1. The first kappa shape index (κ1) is 20.2. The van der Waals surface area contributed by atoms with Gasteiger partial charge in [-0.1, -0.05) is 6.07 Å². The van der Waals surface area contributed by atoms with Crippen molar-refractivity contribution in [3.05, 3.63) is 36.2 Å². The normalized spacial score (nSPS) is 30.1. The Hall–Kier alpha value is -2.74. The van der Waals surface area contributed by atoms with Crippen LogP contribution in [0.3, 0.4) is 0 Å². The van der Waals surface area contributed by atoms with Crippen LogP contribution in [-0.4, -0.2) is 70.8 Å². The number of carbonyl (C=O) groups excluding carboxylic acids is 1. The highest BCUT2D eigenvalue weighted by molar-refractivity contribution is 5.79. The van der Waals surface area contributed by atoms with Crippen molar-refractivity contribution in [1.82, 2.24) is 20.2 Å². The number of hydrogen-bond acceptors (Lipinski definition) is 6. The zero-order valence-corrected chi connectivity index (χ0v) is 17.8. The Bertz CT molecular complexity index is 984. The molecule has 8 heteroatoms. The van der Waals surface area contributed by atoms with Gasteiger partial charge in [0.2, 0.25) is 5.91 Å². The fraction of sp³-hybridized carbons (Fsp3) is 0.522. The number of aromatic nitrogens is 2. The number of carbonyl (C=O) groups is 1. The van der Waals surface area contributed by atoms with Gasteiger partial charge in [-0.25, -0.2) is 9.37 Å². The molecule has 31 heavy (non-hydrogen) atoms. The van der Waals surface area contributed by atoms with Gasteiger partial charge in [-0.05, 0) is 37.0 Å². The van der Waals surface area contributed by atoms with Gasteiger partial charge in [0.15, 0.2) is 0 Å². The Morgan fingerprint density at radius 3 is 2.77 bits per heavy atom. The number of hydrogen-bond donors (Lipinski definition) is 2. The van der Waals surface area contributed by atoms with E-state index < -0.39 is 6.17 Å². The molecule has 3 aliphatic heterocycles. The first-order chi connectivity index (χ1) is 14.9. The minimum atomic E-state index is -0.927. The van der Waals surface area contributed by atoms with E-state index in [1.54, 1.807) is 30.4 Å². The molecule has 1 aromatic heterocycles. The number of nitrogens with zero attached hydrogens (tertiary/aromatic N) is 4. The number of likely N-dealkylation sites (N-methyl/N-ethyl adjacent to an activating group) is 1. The summed E-state index contributed by atoms with van der Waals surface area (Å²) >= 11 is 0. The predicted octanol–water partition coefficient (Wildman–Crippen LogP) is 2.46. The molecule has 0 saturated carbocycles. The van der Waals surface area contributed by atoms with E-state index in [4.69, 9.17) is 0 Å². The molecule has 0 radical (unpaired) electrons. The first-order valence-corrected chi connectivity index (χ1v) is 10.9. The van der Waals surface area contributed by atoms with Crippen molar-refractivity contribution < 1.29 is 14.3 Å². The lowest BCUT2D eigenvalue weighted by Crippen LogP contribution is -2.55. The molecule has 1 aromatic carbocycles. The summed E-state index contributed by atoms with van der Waals surface area (Å²) in [6.45, 7) is 0.659. The lowest BCUT2D eigenvalue weighted by molar-refractivity contribution is -0.126. The van der Waals surface area contributed by atoms with Crippen LogP contribution in [0.5, 0.6) is 5.75 Å². The fourth-order valence-corrected chi connectivity index (χ4v) is 5.27. The molecule has 5 rings (SSSR count). The lowest BCUT2D eigenvalue weighted by atomic mass is 9.96. The van der Waals surface area contributed by atoms with Crippen LogP contribution in [0.4, 0.5) is 10.2 Å². The van der Waals surface area contributed by atoms with Gasteiger partial charge < -0.3 is 20.2 Å². The Balaban J connectivity index is 1.32. The van der Waals surface area contributed by atoms with E-state index in [2.05, 4.69) is 15.3 Å². The number of phenols is 1. The topological polar surface area (TPSA) is 81.6 Å². The van der Waals surface area contributed by atoms with Gasteiger partial charge in [0.1, 0.15) is 17.7 Å². The molecule has 0 aliphatic carbocycles. The zero-order chi connectivity index (χ0) is 21.7. The molecular weight excluding hydrogens is 397 g/mol. The van der Waals surface area contributed by atoms with E-state index in [0.29, 0.717) is 36.1 Å². The summed E-state index contributed by atoms with van der Waals surface area (Å²) in [6, 6.07) is 5.58. The molecule has 164 valence electrons. The van der Waals surface area contributed by atoms with Crippen LogP contribution in [0.15, 0.2) is 30.6 Å². The number of nitrogens with one attached hydrogen (secondary N) is 1. The highest BCUT2D eigenvalue weighted by atomic mass is 19.1. The standard InChI is InChI=1S/C23H28FN5O2/c1-28-12-14(8-22(28)31)13-3-5-16(20(30)7-13)18-10-26-21(11-25-18)29(2)19-9-15-4-6-17(27-15)23(19)24/h3,5,7,10-11,14-15,17,19,23,27,30H,4,6,8-9,12H2,1-2H3/t14-,15+,17-,19+,23-/m1/s1. The minimum absolute atomic E-state index is 0.0659. The minimum Gasteiger partial charge on any atom is -0.507 e. The molecule has 0 spiro atoms. The van der Waals surface area contributed by atoms with Gasteiger partial charge >= 0.3 is 0 Å². The second-order valence-electron chi connectivity index (χ2n) is 9.12. The third-order valence-electron chi connectivity index (χ3n) is 7.16. The first-order valence-electron chi connectivity index (χ1n) is 10.9. The van der Waals surface area contributed by atoms with Crippen molar-refractivity contribution in [2.45, 2.75) is 55.9 Å². The van der Waals surface area contributed by atoms with Crippen molar-refractivity contribution in [3.8, 4) is 17.0 Å². The van der Waals surface area contributed by atoms with E-state index in [-0.39, 0.29) is 29.7 Å². The molecule has 2 aromatic rings. The van der Waals surface area contributed by atoms with Crippen molar-refractivity contribution in [2.24, 2.45) is 0 Å². The summed E-state index contributed by atoms with van der Waals surface area (Å²) in [5.74, 6) is 0.958. The molecule has 2 bridgehead atoms. The van der Waals surface area contributed by atoms with Crippen LogP contribution in [0.25, 0.3) is 11.3 Å². The van der Waals surface area contributed by atoms with Gasteiger partial charge in [-0.3, -0.25) is 9.78 Å². The van der Waals surface area contributed by atoms with E-state index in [9.17, 15) is 14.3 Å². The van der Waals surface area contributed by atoms with Crippen LogP contribution in [0.2, 0.25) is 0 Å². The van der Waals surface area contributed by atoms with Crippen molar-refractivity contribution in [1.29, 1.82) is 0 Å². The monoisotopic (exact) mass is 425 g/mol. The average molecular weight is 426 g/mol. The van der Waals surface area contributed by atoms with Gasteiger partial charge in [0, 0.05) is 50.6 Å². The van der Waals surface area contributed by atoms with Crippen LogP contribution in [-0.2, 0) is 4.79 Å². The molecule has 2 N–H and O–H groups in total. The maximum Gasteiger partial charge on any atom is 0.223 e. The number of rotatable bonds is 4. The Morgan fingerprint density at radius 2 is 2.10 bits per heavy atom. The number of alkyl halides is 1. The van der Waals surface area contributed by atoms with Gasteiger partial charge in [-0.15, -0.1) is 0 Å². The molecule has 7 nitrogen and oxygen atoms in total. The summed E-state index contributed by atoms with van der Waals surface area (Å²) in [5, 5.41) is 13.9. The van der Waals surface area contributed by atoms with Gasteiger partial charge in [0.05, 0.1) is 24.1 Å². The molecule has 0 unspecified atom stereocenters. The van der Waals surface area contributed by atoms with Crippen molar-refractivity contribution in [2.75, 3.05) is 25.5 Å². The van der Waals surface area contributed by atoms with Crippen LogP contribution in [0.1, 0.15) is 37.2 Å². The Morgan fingerprint density at radius 1 is 1.26 bits per heavy atom. The van der Waals surface area contributed by atoms with Crippen LogP contribution in [0, 0.1) is 0 Å². The fourth-order valence-electron chi connectivity index (χ4n) is 5.27. The maximum atomic E-state index is 14.9. The second-order valence-corrected chi connectivity index (χ2v) is 9.12.